The molecule has 0 heterocycles. The number of halogens is 2. The topological polar surface area (TPSA) is 67.4 Å². The number of carbonyl (C=O) groups excluding carboxylic acids is 2. The fourth-order valence-electron chi connectivity index (χ4n) is 1.39. The van der Waals surface area contributed by atoms with E-state index in [-0.39, 0.29) is 18.9 Å². The molecule has 0 unspecified atom stereocenters. The summed E-state index contributed by atoms with van der Waals surface area (Å²) < 4.78 is 5.05. The first kappa shape index (κ1) is 17.6. The Balaban J connectivity index is 2.34. The third kappa shape index (κ3) is 7.20. The molecule has 0 aliphatic heterocycles. The average Bonchev–Trinajstić information content (AvgIpc) is 2.31. The summed E-state index contributed by atoms with van der Waals surface area (Å²) in [5.74, 6) is -0.246. The van der Waals surface area contributed by atoms with E-state index in [9.17, 15) is 9.59 Å². The van der Waals surface area contributed by atoms with Crippen molar-refractivity contribution in [2.24, 2.45) is 0 Å². The Morgan fingerprint density at radius 2 is 1.86 bits per heavy atom. The van der Waals surface area contributed by atoms with Crippen LogP contribution in [0, 0.1) is 0 Å². The van der Waals surface area contributed by atoms with Crippen molar-refractivity contribution in [2.75, 3.05) is 11.9 Å². The van der Waals surface area contributed by atoms with Crippen LogP contribution in [0.1, 0.15) is 27.2 Å². The maximum absolute atomic E-state index is 11.7. The first-order chi connectivity index (χ1) is 9.67. The van der Waals surface area contributed by atoms with Crippen molar-refractivity contribution >= 4 is 40.9 Å². The number of rotatable bonds is 4. The summed E-state index contributed by atoms with van der Waals surface area (Å²) in [5.41, 5.74) is -0.0153. The standard InChI is InChI=1S/C14H18Cl2N2O3/c1-14(2,3)21-13(20)17-7-6-12(19)18-9-4-5-10(15)11(16)8-9/h4-5,8H,6-7H2,1-3H3,(H,17,20)(H,18,19). The number of anilines is 1. The van der Waals surface area contributed by atoms with Crippen molar-refractivity contribution in [3.63, 3.8) is 0 Å². The summed E-state index contributed by atoms with van der Waals surface area (Å²) in [4.78, 5) is 23.1. The Hall–Kier alpha value is -1.46. The van der Waals surface area contributed by atoms with Gasteiger partial charge in [0.1, 0.15) is 5.60 Å². The molecule has 0 aromatic heterocycles. The zero-order chi connectivity index (χ0) is 16.0. The van der Waals surface area contributed by atoms with Crippen LogP contribution in [0.5, 0.6) is 0 Å². The molecular weight excluding hydrogens is 315 g/mol. The smallest absolute Gasteiger partial charge is 0.407 e. The van der Waals surface area contributed by atoms with Gasteiger partial charge in [0, 0.05) is 18.7 Å². The van der Waals surface area contributed by atoms with Gasteiger partial charge in [0.2, 0.25) is 5.91 Å². The van der Waals surface area contributed by atoms with Crippen molar-refractivity contribution in [3.8, 4) is 0 Å². The number of hydrogen-bond donors (Lipinski definition) is 2. The molecule has 5 nitrogen and oxygen atoms in total. The maximum Gasteiger partial charge on any atom is 0.407 e. The fourth-order valence-corrected chi connectivity index (χ4v) is 1.69. The van der Waals surface area contributed by atoms with Gasteiger partial charge in [-0.3, -0.25) is 4.79 Å². The van der Waals surface area contributed by atoms with Gasteiger partial charge in [-0.25, -0.2) is 4.79 Å². The van der Waals surface area contributed by atoms with Crippen molar-refractivity contribution in [1.82, 2.24) is 5.32 Å². The molecule has 21 heavy (non-hydrogen) atoms. The van der Waals surface area contributed by atoms with Gasteiger partial charge in [0.05, 0.1) is 10.0 Å². The Labute approximate surface area is 133 Å². The van der Waals surface area contributed by atoms with Crippen molar-refractivity contribution < 1.29 is 14.3 Å². The van der Waals surface area contributed by atoms with Crippen molar-refractivity contribution in [3.05, 3.63) is 28.2 Å². The fraction of sp³-hybridized carbons (Fsp3) is 0.429. The molecule has 0 atom stereocenters. The van der Waals surface area contributed by atoms with Crippen LogP contribution in [0.25, 0.3) is 0 Å². The number of alkyl carbamates (subject to hydrolysis) is 1. The van der Waals surface area contributed by atoms with Crippen LogP contribution in [0.15, 0.2) is 18.2 Å². The summed E-state index contributed by atoms with van der Waals surface area (Å²) in [5, 5.41) is 5.95. The highest BCUT2D eigenvalue weighted by atomic mass is 35.5. The van der Waals surface area contributed by atoms with E-state index >= 15 is 0 Å². The summed E-state index contributed by atoms with van der Waals surface area (Å²) in [6.07, 6.45) is -0.427. The predicted octanol–water partition coefficient (Wildman–Crippen LogP) is 3.85. The molecule has 116 valence electrons. The Morgan fingerprint density at radius 3 is 2.43 bits per heavy atom. The third-order valence-corrected chi connectivity index (χ3v) is 2.96. The number of carbonyl (C=O) groups is 2. The van der Waals surface area contributed by atoms with Gasteiger partial charge in [-0.15, -0.1) is 0 Å². The first-order valence-corrected chi connectivity index (χ1v) is 7.15. The van der Waals surface area contributed by atoms with Crippen LogP contribution in [-0.2, 0) is 9.53 Å². The molecule has 2 amide bonds. The van der Waals surface area contributed by atoms with Crippen LogP contribution in [0.3, 0.4) is 0 Å². The molecule has 1 rings (SSSR count). The van der Waals surface area contributed by atoms with Crippen molar-refractivity contribution in [2.45, 2.75) is 32.8 Å². The maximum atomic E-state index is 11.7. The van der Waals surface area contributed by atoms with E-state index in [0.29, 0.717) is 15.7 Å². The average molecular weight is 333 g/mol. The minimum Gasteiger partial charge on any atom is -0.444 e. The minimum absolute atomic E-state index is 0.124. The van der Waals surface area contributed by atoms with E-state index in [1.807, 2.05) is 0 Å². The second-order valence-electron chi connectivity index (χ2n) is 5.36. The zero-order valence-electron chi connectivity index (χ0n) is 12.1. The van der Waals surface area contributed by atoms with E-state index in [1.165, 1.54) is 0 Å². The highest BCUT2D eigenvalue weighted by Gasteiger charge is 2.15. The van der Waals surface area contributed by atoms with Gasteiger partial charge in [0.25, 0.3) is 0 Å². The first-order valence-electron chi connectivity index (χ1n) is 6.39. The Kier molecular flexibility index (Phi) is 6.30. The lowest BCUT2D eigenvalue weighted by Crippen LogP contribution is -2.34. The normalized spacial score (nSPS) is 10.9. The van der Waals surface area contributed by atoms with Gasteiger partial charge in [-0.05, 0) is 39.0 Å². The summed E-state index contributed by atoms with van der Waals surface area (Å²) >= 11 is 11.6. The molecule has 0 aliphatic carbocycles. The second kappa shape index (κ2) is 7.52. The molecule has 7 heteroatoms. The zero-order valence-corrected chi connectivity index (χ0v) is 13.6. The van der Waals surface area contributed by atoms with Gasteiger partial charge in [-0.1, -0.05) is 23.2 Å². The molecule has 0 fully saturated rings. The molecule has 0 radical (unpaired) electrons. The second-order valence-corrected chi connectivity index (χ2v) is 6.17. The van der Waals surface area contributed by atoms with Crippen LogP contribution in [0.4, 0.5) is 10.5 Å². The van der Waals surface area contributed by atoms with E-state index in [4.69, 9.17) is 27.9 Å². The number of benzene rings is 1. The molecule has 0 saturated heterocycles. The van der Waals surface area contributed by atoms with Gasteiger partial charge < -0.3 is 15.4 Å². The summed E-state index contributed by atoms with van der Waals surface area (Å²) in [6.45, 7) is 5.48. The molecule has 0 saturated carbocycles. The molecule has 0 aliphatic rings. The highest BCUT2D eigenvalue weighted by molar-refractivity contribution is 6.42. The highest BCUT2D eigenvalue weighted by Crippen LogP contribution is 2.24. The monoisotopic (exact) mass is 332 g/mol. The minimum atomic E-state index is -0.563. The lowest BCUT2D eigenvalue weighted by atomic mass is 10.2. The molecule has 1 aromatic carbocycles. The van der Waals surface area contributed by atoms with Crippen LogP contribution in [0.2, 0.25) is 10.0 Å². The molecule has 0 bridgehead atoms. The van der Waals surface area contributed by atoms with Gasteiger partial charge >= 0.3 is 6.09 Å². The van der Waals surface area contributed by atoms with Crippen LogP contribution < -0.4 is 10.6 Å². The quantitative estimate of drug-likeness (QED) is 0.879. The predicted molar refractivity (Wildman–Crippen MR) is 83.9 cm³/mol. The number of amides is 2. The lowest BCUT2D eigenvalue weighted by molar-refractivity contribution is -0.116. The van der Waals surface area contributed by atoms with E-state index in [1.54, 1.807) is 39.0 Å². The molecule has 0 spiro atoms. The van der Waals surface area contributed by atoms with E-state index in [0.717, 1.165) is 0 Å². The lowest BCUT2D eigenvalue weighted by Gasteiger charge is -2.19. The summed E-state index contributed by atoms with van der Waals surface area (Å²) in [6, 6.07) is 4.80. The number of hydrogen-bond acceptors (Lipinski definition) is 3. The molecule has 1 aromatic rings. The molecule has 2 N–H and O–H groups in total. The van der Waals surface area contributed by atoms with E-state index in [2.05, 4.69) is 10.6 Å². The van der Waals surface area contributed by atoms with Gasteiger partial charge in [-0.2, -0.15) is 0 Å². The SMILES string of the molecule is CC(C)(C)OC(=O)NCCC(=O)Nc1ccc(Cl)c(Cl)c1. The Bertz CT molecular complexity index is 527. The molecular formula is C14H18Cl2N2O3. The largest absolute Gasteiger partial charge is 0.444 e. The van der Waals surface area contributed by atoms with Crippen molar-refractivity contribution in [1.29, 1.82) is 0 Å². The number of ether oxygens (including phenoxy) is 1. The number of nitrogens with one attached hydrogen (secondary N) is 2. The Morgan fingerprint density at radius 1 is 1.19 bits per heavy atom. The van der Waals surface area contributed by atoms with E-state index < -0.39 is 11.7 Å². The van der Waals surface area contributed by atoms with Gasteiger partial charge in [0.15, 0.2) is 0 Å². The van der Waals surface area contributed by atoms with Crippen LogP contribution in [-0.4, -0.2) is 24.1 Å². The third-order valence-electron chi connectivity index (χ3n) is 2.22. The summed E-state index contributed by atoms with van der Waals surface area (Å²) in [7, 11) is 0. The van der Waals surface area contributed by atoms with Crippen LogP contribution >= 0.6 is 23.2 Å².